The summed E-state index contributed by atoms with van der Waals surface area (Å²) in [4.78, 5) is 12.3. The van der Waals surface area contributed by atoms with E-state index in [1.807, 2.05) is 31.2 Å². The van der Waals surface area contributed by atoms with Crippen LogP contribution in [0.25, 0.3) is 0 Å². The molecule has 0 spiro atoms. The van der Waals surface area contributed by atoms with Crippen LogP contribution in [0.1, 0.15) is 19.8 Å². The number of carbonyl (C=O) groups excluding carboxylic acids is 1. The summed E-state index contributed by atoms with van der Waals surface area (Å²) >= 11 is 0. The van der Waals surface area contributed by atoms with Crippen LogP contribution in [0.5, 0.6) is 5.75 Å². The molecule has 5 nitrogen and oxygen atoms in total. The highest BCUT2D eigenvalue weighted by atomic mass is 16.5. The van der Waals surface area contributed by atoms with Gasteiger partial charge in [-0.25, -0.2) is 0 Å². The minimum atomic E-state index is -0.465. The van der Waals surface area contributed by atoms with E-state index in [1.165, 1.54) is 0 Å². The summed E-state index contributed by atoms with van der Waals surface area (Å²) in [6.07, 6.45) is 1.90. The van der Waals surface area contributed by atoms with Gasteiger partial charge in [-0.1, -0.05) is 6.07 Å². The van der Waals surface area contributed by atoms with Crippen molar-refractivity contribution in [2.45, 2.75) is 25.3 Å². The van der Waals surface area contributed by atoms with Crippen LogP contribution in [0.4, 0.5) is 5.69 Å². The third-order valence-corrected chi connectivity index (χ3v) is 3.52. The zero-order chi connectivity index (χ0) is 14.4. The molecule has 1 aromatic carbocycles. The molecule has 0 aromatic heterocycles. The first kappa shape index (κ1) is 14.8. The van der Waals surface area contributed by atoms with Crippen LogP contribution >= 0.6 is 0 Å². The van der Waals surface area contributed by atoms with E-state index < -0.39 is 5.54 Å². The average molecular weight is 278 g/mol. The second-order valence-corrected chi connectivity index (χ2v) is 5.19. The third-order valence-electron chi connectivity index (χ3n) is 3.52. The van der Waals surface area contributed by atoms with Gasteiger partial charge in [-0.15, -0.1) is 0 Å². The zero-order valence-electron chi connectivity index (χ0n) is 12.1. The van der Waals surface area contributed by atoms with Crippen LogP contribution < -0.4 is 15.4 Å². The average Bonchev–Trinajstić information content (AvgIpc) is 2.88. The Morgan fingerprint density at radius 1 is 1.45 bits per heavy atom. The molecule has 2 rings (SSSR count). The molecule has 1 fully saturated rings. The molecule has 1 aromatic rings. The van der Waals surface area contributed by atoms with E-state index in [0.717, 1.165) is 30.8 Å². The molecule has 1 aliphatic heterocycles. The molecule has 0 bridgehead atoms. The molecule has 0 radical (unpaired) electrons. The van der Waals surface area contributed by atoms with E-state index in [4.69, 9.17) is 9.47 Å². The highest BCUT2D eigenvalue weighted by molar-refractivity contribution is 5.98. The van der Waals surface area contributed by atoms with Crippen molar-refractivity contribution in [1.29, 1.82) is 0 Å². The topological polar surface area (TPSA) is 59.6 Å². The lowest BCUT2D eigenvalue weighted by Gasteiger charge is -2.23. The lowest BCUT2D eigenvalue weighted by Crippen LogP contribution is -2.47. The second kappa shape index (κ2) is 6.72. The van der Waals surface area contributed by atoms with Gasteiger partial charge in [0.05, 0.1) is 12.1 Å². The number of methoxy groups -OCH3 is 1. The lowest BCUT2D eigenvalue weighted by molar-refractivity contribution is -0.121. The van der Waals surface area contributed by atoms with Gasteiger partial charge < -0.3 is 20.1 Å². The number of rotatable bonds is 6. The molecule has 2 N–H and O–H groups in total. The van der Waals surface area contributed by atoms with Crippen LogP contribution in [-0.4, -0.2) is 38.3 Å². The van der Waals surface area contributed by atoms with Crippen molar-refractivity contribution in [2.24, 2.45) is 0 Å². The highest BCUT2D eigenvalue weighted by Gasteiger charge is 2.35. The smallest absolute Gasteiger partial charge is 0.244 e. The Bertz CT molecular complexity index is 456. The molecule has 0 aliphatic carbocycles. The van der Waals surface area contributed by atoms with Crippen LogP contribution in [-0.2, 0) is 9.53 Å². The first-order valence-electron chi connectivity index (χ1n) is 6.92. The fraction of sp³-hybridized carbons (Fsp3) is 0.533. The van der Waals surface area contributed by atoms with Gasteiger partial charge in [0.1, 0.15) is 12.4 Å². The maximum atomic E-state index is 12.3. The van der Waals surface area contributed by atoms with E-state index in [9.17, 15) is 4.79 Å². The van der Waals surface area contributed by atoms with E-state index in [2.05, 4.69) is 10.6 Å². The van der Waals surface area contributed by atoms with Crippen molar-refractivity contribution in [2.75, 3.05) is 32.2 Å². The molecule has 1 atom stereocenters. The van der Waals surface area contributed by atoms with Crippen molar-refractivity contribution in [3.05, 3.63) is 24.3 Å². The number of benzene rings is 1. The second-order valence-electron chi connectivity index (χ2n) is 5.19. The Balaban J connectivity index is 1.95. The van der Waals surface area contributed by atoms with E-state index in [-0.39, 0.29) is 5.91 Å². The quantitative estimate of drug-likeness (QED) is 0.779. The fourth-order valence-corrected chi connectivity index (χ4v) is 2.26. The van der Waals surface area contributed by atoms with Crippen molar-refractivity contribution >= 4 is 11.6 Å². The number of ether oxygens (including phenoxy) is 2. The fourth-order valence-electron chi connectivity index (χ4n) is 2.26. The molecule has 1 heterocycles. The summed E-state index contributed by atoms with van der Waals surface area (Å²) in [5, 5.41) is 6.19. The minimum absolute atomic E-state index is 0.00374. The van der Waals surface area contributed by atoms with E-state index in [0.29, 0.717) is 13.2 Å². The number of nitrogens with one attached hydrogen (secondary N) is 2. The summed E-state index contributed by atoms with van der Waals surface area (Å²) in [6, 6.07) is 7.41. The monoisotopic (exact) mass is 278 g/mol. The van der Waals surface area contributed by atoms with Crippen LogP contribution in [0.15, 0.2) is 24.3 Å². The SMILES string of the molecule is COCCOc1cccc(NC(=O)C2(C)CCCN2)c1. The Hall–Kier alpha value is -1.59. The van der Waals surface area contributed by atoms with Crippen molar-refractivity contribution in [1.82, 2.24) is 5.32 Å². The van der Waals surface area contributed by atoms with Crippen molar-refractivity contribution < 1.29 is 14.3 Å². The number of hydrogen-bond donors (Lipinski definition) is 2. The largest absolute Gasteiger partial charge is 0.491 e. The number of amides is 1. The first-order valence-corrected chi connectivity index (χ1v) is 6.92. The third kappa shape index (κ3) is 3.71. The van der Waals surface area contributed by atoms with E-state index >= 15 is 0 Å². The van der Waals surface area contributed by atoms with Gasteiger partial charge in [0, 0.05) is 18.9 Å². The normalized spacial score (nSPS) is 21.7. The van der Waals surface area contributed by atoms with Gasteiger partial charge in [-0.2, -0.15) is 0 Å². The lowest BCUT2D eigenvalue weighted by atomic mass is 9.99. The summed E-state index contributed by atoms with van der Waals surface area (Å²) in [7, 11) is 1.63. The molecular weight excluding hydrogens is 256 g/mol. The van der Waals surface area contributed by atoms with Crippen molar-refractivity contribution in [3.8, 4) is 5.75 Å². The number of hydrogen-bond acceptors (Lipinski definition) is 4. The zero-order valence-corrected chi connectivity index (χ0v) is 12.1. The Labute approximate surface area is 119 Å². The Morgan fingerprint density at radius 3 is 3.00 bits per heavy atom. The maximum absolute atomic E-state index is 12.3. The molecule has 1 saturated heterocycles. The maximum Gasteiger partial charge on any atom is 0.244 e. The standard InChI is InChI=1S/C15H22N2O3/c1-15(7-4-8-16-15)14(18)17-12-5-3-6-13(11-12)20-10-9-19-2/h3,5-6,11,16H,4,7-10H2,1-2H3,(H,17,18). The van der Waals surface area contributed by atoms with Gasteiger partial charge in [0.2, 0.25) is 5.91 Å². The van der Waals surface area contributed by atoms with Crippen molar-refractivity contribution in [3.63, 3.8) is 0 Å². The number of carbonyl (C=O) groups is 1. The number of anilines is 1. The highest BCUT2D eigenvalue weighted by Crippen LogP contribution is 2.22. The molecule has 1 amide bonds. The molecule has 1 aliphatic rings. The summed E-state index contributed by atoms with van der Waals surface area (Å²) in [5.41, 5.74) is 0.284. The minimum Gasteiger partial charge on any atom is -0.491 e. The summed E-state index contributed by atoms with van der Waals surface area (Å²) in [6.45, 7) is 3.87. The molecule has 5 heteroatoms. The molecule has 1 unspecified atom stereocenters. The molecule has 110 valence electrons. The van der Waals surface area contributed by atoms with Gasteiger partial charge in [0.15, 0.2) is 0 Å². The Morgan fingerprint density at radius 2 is 2.30 bits per heavy atom. The Kier molecular flexibility index (Phi) is 4.98. The first-order chi connectivity index (χ1) is 9.64. The summed E-state index contributed by atoms with van der Waals surface area (Å²) in [5.74, 6) is 0.730. The van der Waals surface area contributed by atoms with Crippen LogP contribution in [0.2, 0.25) is 0 Å². The van der Waals surface area contributed by atoms with Crippen LogP contribution in [0.3, 0.4) is 0 Å². The molecular formula is C15H22N2O3. The predicted octanol–water partition coefficient (Wildman–Crippen LogP) is 1.79. The van der Waals surface area contributed by atoms with Crippen LogP contribution in [0, 0.1) is 0 Å². The van der Waals surface area contributed by atoms with Gasteiger partial charge in [-0.3, -0.25) is 4.79 Å². The summed E-state index contributed by atoms with van der Waals surface area (Å²) < 4.78 is 10.5. The molecule has 0 saturated carbocycles. The van der Waals surface area contributed by atoms with E-state index in [1.54, 1.807) is 7.11 Å². The predicted molar refractivity (Wildman–Crippen MR) is 78.1 cm³/mol. The van der Waals surface area contributed by atoms with Gasteiger partial charge in [0.25, 0.3) is 0 Å². The van der Waals surface area contributed by atoms with Gasteiger partial charge in [-0.05, 0) is 38.4 Å². The van der Waals surface area contributed by atoms with Gasteiger partial charge >= 0.3 is 0 Å². The molecule has 20 heavy (non-hydrogen) atoms.